The summed E-state index contributed by atoms with van der Waals surface area (Å²) in [6.07, 6.45) is -1.55. The second-order valence-electron chi connectivity index (χ2n) is 3.83. The van der Waals surface area contributed by atoms with Crippen LogP contribution in [-0.4, -0.2) is 14.7 Å². The van der Waals surface area contributed by atoms with Gasteiger partial charge in [0.2, 0.25) is 0 Å². The average Bonchev–Trinajstić information content (AvgIpc) is 2.75. The zero-order chi connectivity index (χ0) is 13.2. The molecule has 0 aliphatic heterocycles. The minimum atomic E-state index is -4.38. The molecule has 0 spiro atoms. The summed E-state index contributed by atoms with van der Waals surface area (Å²) in [5, 5.41) is 9.03. The van der Waals surface area contributed by atoms with Crippen molar-refractivity contribution in [3.05, 3.63) is 53.6 Å². The number of rotatable bonds is 3. The molecule has 0 saturated carbocycles. The van der Waals surface area contributed by atoms with Crippen molar-refractivity contribution in [2.75, 3.05) is 0 Å². The minimum Gasteiger partial charge on any atom is -0.390 e. The van der Waals surface area contributed by atoms with E-state index >= 15 is 0 Å². The third kappa shape index (κ3) is 2.53. The molecule has 0 fully saturated rings. The lowest BCUT2D eigenvalue weighted by atomic mass is 10.1. The number of benzene rings is 1. The lowest BCUT2D eigenvalue weighted by Gasteiger charge is -2.14. The molecule has 1 N–H and O–H groups in total. The lowest BCUT2D eigenvalue weighted by molar-refractivity contribution is -0.138. The van der Waals surface area contributed by atoms with Crippen LogP contribution in [0.5, 0.6) is 0 Å². The van der Waals surface area contributed by atoms with Gasteiger partial charge in [0, 0.05) is 6.54 Å². The molecule has 2 aromatic rings. The van der Waals surface area contributed by atoms with E-state index in [0.29, 0.717) is 5.69 Å². The second kappa shape index (κ2) is 4.81. The zero-order valence-electron chi connectivity index (χ0n) is 9.35. The molecule has 0 amide bonds. The summed E-state index contributed by atoms with van der Waals surface area (Å²) in [6, 6.07) is 5.38. The Kier molecular flexibility index (Phi) is 3.38. The van der Waals surface area contributed by atoms with Crippen molar-refractivity contribution >= 4 is 0 Å². The SMILES string of the molecule is OCc1cncn1Cc1ccccc1C(F)(F)F. The van der Waals surface area contributed by atoms with Crippen molar-refractivity contribution in [3.8, 4) is 0 Å². The van der Waals surface area contributed by atoms with Crippen LogP contribution in [0.2, 0.25) is 0 Å². The summed E-state index contributed by atoms with van der Waals surface area (Å²) < 4.78 is 39.8. The van der Waals surface area contributed by atoms with Crippen LogP contribution < -0.4 is 0 Å². The molecule has 0 atom stereocenters. The first kappa shape index (κ1) is 12.6. The van der Waals surface area contributed by atoms with Crippen LogP contribution in [-0.2, 0) is 19.3 Å². The predicted molar refractivity (Wildman–Crippen MR) is 58.7 cm³/mol. The standard InChI is InChI=1S/C12H11F3N2O/c13-12(14,15)11-4-2-1-3-9(11)6-17-8-16-5-10(17)7-18/h1-5,8,18H,6-7H2. The summed E-state index contributed by atoms with van der Waals surface area (Å²) in [7, 11) is 0. The van der Waals surface area contributed by atoms with Gasteiger partial charge < -0.3 is 9.67 Å². The summed E-state index contributed by atoms with van der Waals surface area (Å²) in [5.41, 5.74) is -0.0349. The van der Waals surface area contributed by atoms with Crippen LogP contribution in [0, 0.1) is 0 Å². The van der Waals surface area contributed by atoms with E-state index < -0.39 is 11.7 Å². The molecular formula is C12H11F3N2O. The van der Waals surface area contributed by atoms with Gasteiger partial charge in [0.1, 0.15) is 0 Å². The van der Waals surface area contributed by atoms with Gasteiger partial charge in [-0.2, -0.15) is 13.2 Å². The Labute approximate surface area is 102 Å². The number of nitrogens with zero attached hydrogens (tertiary/aromatic N) is 2. The molecule has 0 unspecified atom stereocenters. The Morgan fingerprint density at radius 2 is 1.94 bits per heavy atom. The van der Waals surface area contributed by atoms with Crippen LogP contribution in [0.1, 0.15) is 16.8 Å². The Morgan fingerprint density at radius 3 is 2.61 bits per heavy atom. The smallest absolute Gasteiger partial charge is 0.390 e. The van der Waals surface area contributed by atoms with E-state index in [4.69, 9.17) is 5.11 Å². The molecule has 1 heterocycles. The third-order valence-corrected chi connectivity index (χ3v) is 2.62. The topological polar surface area (TPSA) is 38.1 Å². The van der Waals surface area contributed by atoms with E-state index in [1.165, 1.54) is 29.2 Å². The molecule has 0 aliphatic rings. The number of aliphatic hydroxyl groups is 1. The summed E-state index contributed by atoms with van der Waals surface area (Å²) in [5.74, 6) is 0. The molecule has 2 rings (SSSR count). The summed E-state index contributed by atoms with van der Waals surface area (Å²) >= 11 is 0. The Hall–Kier alpha value is -1.82. The molecule has 1 aromatic carbocycles. The van der Waals surface area contributed by atoms with E-state index in [2.05, 4.69) is 4.98 Å². The third-order valence-electron chi connectivity index (χ3n) is 2.62. The first-order valence-electron chi connectivity index (χ1n) is 5.27. The van der Waals surface area contributed by atoms with E-state index in [9.17, 15) is 13.2 Å². The fraction of sp³-hybridized carbons (Fsp3) is 0.250. The molecule has 96 valence electrons. The molecule has 0 aliphatic carbocycles. The van der Waals surface area contributed by atoms with Gasteiger partial charge in [0.15, 0.2) is 0 Å². The fourth-order valence-electron chi connectivity index (χ4n) is 1.74. The maximum atomic E-state index is 12.8. The van der Waals surface area contributed by atoms with E-state index in [-0.39, 0.29) is 18.7 Å². The van der Waals surface area contributed by atoms with Gasteiger partial charge in [0.05, 0.1) is 30.4 Å². The highest BCUT2D eigenvalue weighted by molar-refractivity contribution is 5.30. The van der Waals surface area contributed by atoms with Gasteiger partial charge in [-0.1, -0.05) is 18.2 Å². The van der Waals surface area contributed by atoms with Gasteiger partial charge in [-0.05, 0) is 11.6 Å². The van der Waals surface area contributed by atoms with Gasteiger partial charge in [0.25, 0.3) is 0 Å². The Bertz CT molecular complexity index is 534. The molecule has 6 heteroatoms. The summed E-state index contributed by atoms with van der Waals surface area (Å²) in [6.45, 7) is -0.222. The number of aliphatic hydroxyl groups excluding tert-OH is 1. The number of hydrogen-bond donors (Lipinski definition) is 1. The van der Waals surface area contributed by atoms with Crippen LogP contribution >= 0.6 is 0 Å². The number of hydrogen-bond acceptors (Lipinski definition) is 2. The molecule has 1 aromatic heterocycles. The minimum absolute atomic E-state index is 0.0333. The Balaban J connectivity index is 2.35. The molecule has 3 nitrogen and oxygen atoms in total. The summed E-state index contributed by atoms with van der Waals surface area (Å²) in [4.78, 5) is 3.80. The van der Waals surface area contributed by atoms with Crippen molar-refractivity contribution < 1.29 is 18.3 Å². The predicted octanol–water partition coefficient (Wildman–Crippen LogP) is 2.44. The molecule has 18 heavy (non-hydrogen) atoms. The first-order valence-corrected chi connectivity index (χ1v) is 5.27. The van der Waals surface area contributed by atoms with Crippen LogP contribution in [0.25, 0.3) is 0 Å². The highest BCUT2D eigenvalue weighted by Crippen LogP contribution is 2.32. The first-order chi connectivity index (χ1) is 8.52. The highest BCUT2D eigenvalue weighted by Gasteiger charge is 2.32. The maximum Gasteiger partial charge on any atom is 0.416 e. The maximum absolute atomic E-state index is 12.8. The number of imidazole rings is 1. The lowest BCUT2D eigenvalue weighted by Crippen LogP contribution is -2.12. The van der Waals surface area contributed by atoms with Gasteiger partial charge in [-0.15, -0.1) is 0 Å². The normalized spacial score (nSPS) is 11.8. The average molecular weight is 256 g/mol. The fourth-order valence-corrected chi connectivity index (χ4v) is 1.74. The quantitative estimate of drug-likeness (QED) is 0.916. The number of aromatic nitrogens is 2. The zero-order valence-corrected chi connectivity index (χ0v) is 9.35. The highest BCUT2D eigenvalue weighted by atomic mass is 19.4. The van der Waals surface area contributed by atoms with E-state index in [1.807, 2.05) is 0 Å². The molecule has 0 radical (unpaired) electrons. The second-order valence-corrected chi connectivity index (χ2v) is 3.83. The van der Waals surface area contributed by atoms with Crippen molar-refractivity contribution in [1.82, 2.24) is 9.55 Å². The molecular weight excluding hydrogens is 245 g/mol. The van der Waals surface area contributed by atoms with Crippen LogP contribution in [0.4, 0.5) is 13.2 Å². The van der Waals surface area contributed by atoms with E-state index in [0.717, 1.165) is 6.07 Å². The monoisotopic (exact) mass is 256 g/mol. The van der Waals surface area contributed by atoms with Gasteiger partial charge >= 0.3 is 6.18 Å². The van der Waals surface area contributed by atoms with Crippen molar-refractivity contribution in [3.63, 3.8) is 0 Å². The molecule has 0 bridgehead atoms. The van der Waals surface area contributed by atoms with Crippen LogP contribution in [0.3, 0.4) is 0 Å². The van der Waals surface area contributed by atoms with Crippen molar-refractivity contribution in [2.45, 2.75) is 19.3 Å². The van der Waals surface area contributed by atoms with Crippen molar-refractivity contribution in [1.29, 1.82) is 0 Å². The number of alkyl halides is 3. The molecule has 0 saturated heterocycles. The van der Waals surface area contributed by atoms with Gasteiger partial charge in [-0.3, -0.25) is 0 Å². The number of halogens is 3. The van der Waals surface area contributed by atoms with Crippen LogP contribution in [0.15, 0.2) is 36.8 Å². The largest absolute Gasteiger partial charge is 0.416 e. The van der Waals surface area contributed by atoms with E-state index in [1.54, 1.807) is 6.07 Å². The van der Waals surface area contributed by atoms with Crippen molar-refractivity contribution in [2.24, 2.45) is 0 Å². The van der Waals surface area contributed by atoms with Gasteiger partial charge in [-0.25, -0.2) is 4.98 Å². The Morgan fingerprint density at radius 1 is 1.22 bits per heavy atom.